The Balaban J connectivity index is 1.88. The first-order chi connectivity index (χ1) is 12.0. The summed E-state index contributed by atoms with van der Waals surface area (Å²) in [6.07, 6.45) is 1.46. The Bertz CT molecular complexity index is 771. The van der Waals surface area contributed by atoms with Crippen molar-refractivity contribution < 1.29 is 18.0 Å². The molecule has 1 aliphatic heterocycles. The lowest BCUT2D eigenvalue weighted by atomic mass is 9.92. The topological polar surface area (TPSA) is 41.1 Å². The Kier molecular flexibility index (Phi) is 5.08. The first kappa shape index (κ1) is 17.5. The predicted molar refractivity (Wildman–Crippen MR) is 90.6 cm³/mol. The third-order valence-electron chi connectivity index (χ3n) is 4.47. The van der Waals surface area contributed by atoms with Crippen LogP contribution in [0, 0.1) is 23.4 Å². The zero-order valence-electron chi connectivity index (χ0n) is 13.8. The van der Waals surface area contributed by atoms with E-state index in [0.29, 0.717) is 11.3 Å². The number of carbonyl (C=O) groups is 1. The normalized spacial score (nSPS) is 20.3. The largest absolute Gasteiger partial charge is 0.325 e. The molecule has 1 amide bonds. The number of hydrogen-bond donors (Lipinski definition) is 2. The number of nitrogens with one attached hydrogen (secondary N) is 2. The minimum atomic E-state index is -1.51. The van der Waals surface area contributed by atoms with Gasteiger partial charge in [0.2, 0.25) is 5.91 Å². The van der Waals surface area contributed by atoms with Crippen LogP contribution in [0.1, 0.15) is 19.8 Å². The molecular weight excluding hydrogens is 329 g/mol. The molecule has 25 heavy (non-hydrogen) atoms. The second-order valence-corrected chi connectivity index (χ2v) is 6.37. The maximum atomic E-state index is 13.5. The van der Waals surface area contributed by atoms with E-state index < -0.39 is 17.5 Å². The fourth-order valence-corrected chi connectivity index (χ4v) is 3.16. The van der Waals surface area contributed by atoms with Crippen LogP contribution in [-0.2, 0) is 4.79 Å². The van der Waals surface area contributed by atoms with Gasteiger partial charge in [-0.15, -0.1) is 0 Å². The zero-order chi connectivity index (χ0) is 18.0. The number of piperidine rings is 1. The third-order valence-corrected chi connectivity index (χ3v) is 4.47. The summed E-state index contributed by atoms with van der Waals surface area (Å²) < 4.78 is 40.3. The van der Waals surface area contributed by atoms with E-state index in [2.05, 4.69) is 10.6 Å². The summed E-state index contributed by atoms with van der Waals surface area (Å²) in [6, 6.07) is 8.83. The van der Waals surface area contributed by atoms with Crippen molar-refractivity contribution in [2.45, 2.75) is 25.8 Å². The van der Waals surface area contributed by atoms with Gasteiger partial charge in [-0.25, -0.2) is 13.2 Å². The number of amides is 1. The lowest BCUT2D eigenvalue weighted by Gasteiger charge is -2.27. The van der Waals surface area contributed by atoms with Gasteiger partial charge in [0.1, 0.15) is 0 Å². The first-order valence-electron chi connectivity index (χ1n) is 8.24. The molecule has 2 aromatic rings. The molecule has 3 rings (SSSR count). The maximum absolute atomic E-state index is 13.5. The number of anilines is 1. The van der Waals surface area contributed by atoms with Crippen LogP contribution in [0.4, 0.5) is 18.9 Å². The first-order valence-corrected chi connectivity index (χ1v) is 8.24. The van der Waals surface area contributed by atoms with Crippen LogP contribution in [0.25, 0.3) is 11.1 Å². The summed E-state index contributed by atoms with van der Waals surface area (Å²) >= 11 is 0. The molecule has 0 aromatic heterocycles. The molecule has 2 aromatic carbocycles. The average molecular weight is 348 g/mol. The Morgan fingerprint density at radius 2 is 1.84 bits per heavy atom. The second-order valence-electron chi connectivity index (χ2n) is 6.37. The van der Waals surface area contributed by atoms with Crippen LogP contribution >= 0.6 is 0 Å². The summed E-state index contributed by atoms with van der Waals surface area (Å²) in [5.74, 6) is -4.27. The van der Waals surface area contributed by atoms with Gasteiger partial charge in [-0.2, -0.15) is 0 Å². The minimum absolute atomic E-state index is 0.119. The van der Waals surface area contributed by atoms with Crippen molar-refractivity contribution in [2.75, 3.05) is 11.9 Å². The second kappa shape index (κ2) is 7.27. The highest BCUT2D eigenvalue weighted by Crippen LogP contribution is 2.31. The lowest BCUT2D eigenvalue weighted by molar-refractivity contribution is -0.120. The van der Waals surface area contributed by atoms with Crippen molar-refractivity contribution in [2.24, 2.45) is 5.92 Å². The molecule has 0 bridgehead atoms. The van der Waals surface area contributed by atoms with Crippen molar-refractivity contribution >= 4 is 11.6 Å². The number of hydrogen-bond acceptors (Lipinski definition) is 2. The standard InChI is InChI=1S/C19H19F3N2O/c1-11-8-12(6-7-23-11)19(25)24-17-5-3-2-4-14(17)13-9-15(20)18(22)16(21)10-13/h2-5,9-12,23H,6-8H2,1H3,(H,24,25)/t11-,12-/m0/s1. The van der Waals surface area contributed by atoms with Gasteiger partial charge in [0.15, 0.2) is 17.5 Å². The molecule has 132 valence electrons. The molecule has 0 unspecified atom stereocenters. The van der Waals surface area contributed by atoms with E-state index in [9.17, 15) is 18.0 Å². The molecule has 1 aliphatic rings. The summed E-state index contributed by atoms with van der Waals surface area (Å²) in [4.78, 5) is 12.5. The van der Waals surface area contributed by atoms with Crippen LogP contribution in [0.5, 0.6) is 0 Å². The molecule has 0 radical (unpaired) electrons. The number of para-hydroxylation sites is 1. The van der Waals surface area contributed by atoms with Crippen LogP contribution in [0.2, 0.25) is 0 Å². The summed E-state index contributed by atoms with van der Waals surface area (Å²) in [5, 5.41) is 6.13. The summed E-state index contributed by atoms with van der Waals surface area (Å²) in [6.45, 7) is 2.80. The molecule has 2 N–H and O–H groups in total. The van der Waals surface area contributed by atoms with Gasteiger partial charge < -0.3 is 10.6 Å². The Morgan fingerprint density at radius 1 is 1.16 bits per heavy atom. The molecule has 2 atom stereocenters. The third kappa shape index (κ3) is 3.85. The molecule has 1 fully saturated rings. The maximum Gasteiger partial charge on any atom is 0.227 e. The van der Waals surface area contributed by atoms with Gasteiger partial charge in [0.25, 0.3) is 0 Å². The molecule has 1 heterocycles. The highest BCUT2D eigenvalue weighted by Gasteiger charge is 2.25. The van der Waals surface area contributed by atoms with E-state index >= 15 is 0 Å². The van der Waals surface area contributed by atoms with E-state index in [-0.39, 0.29) is 23.4 Å². The Labute approximate surface area is 144 Å². The van der Waals surface area contributed by atoms with Gasteiger partial charge in [-0.05, 0) is 50.1 Å². The molecule has 3 nitrogen and oxygen atoms in total. The van der Waals surface area contributed by atoms with Crippen molar-refractivity contribution in [1.29, 1.82) is 0 Å². The molecule has 0 saturated carbocycles. The van der Waals surface area contributed by atoms with Crippen LogP contribution in [0.3, 0.4) is 0 Å². The van der Waals surface area contributed by atoms with E-state index in [1.54, 1.807) is 24.3 Å². The van der Waals surface area contributed by atoms with Gasteiger partial charge >= 0.3 is 0 Å². The summed E-state index contributed by atoms with van der Waals surface area (Å²) in [7, 11) is 0. The van der Waals surface area contributed by atoms with Crippen LogP contribution in [-0.4, -0.2) is 18.5 Å². The minimum Gasteiger partial charge on any atom is -0.325 e. The lowest BCUT2D eigenvalue weighted by Crippen LogP contribution is -2.40. The molecule has 0 aliphatic carbocycles. The van der Waals surface area contributed by atoms with Gasteiger partial charge in [-0.1, -0.05) is 18.2 Å². The number of halogens is 3. The molecule has 6 heteroatoms. The molecule has 1 saturated heterocycles. The van der Waals surface area contributed by atoms with E-state index in [0.717, 1.165) is 31.5 Å². The SMILES string of the molecule is C[C@H]1C[C@@H](C(=O)Nc2ccccc2-c2cc(F)c(F)c(F)c2)CCN1. The number of carbonyl (C=O) groups excluding carboxylic acids is 1. The van der Waals surface area contributed by atoms with E-state index in [1.807, 2.05) is 6.92 Å². The van der Waals surface area contributed by atoms with Gasteiger partial charge in [0.05, 0.1) is 0 Å². The monoisotopic (exact) mass is 348 g/mol. The van der Waals surface area contributed by atoms with Crippen molar-refractivity contribution in [1.82, 2.24) is 5.32 Å². The van der Waals surface area contributed by atoms with Crippen LogP contribution < -0.4 is 10.6 Å². The Morgan fingerprint density at radius 3 is 2.52 bits per heavy atom. The molecule has 0 spiro atoms. The average Bonchev–Trinajstić information content (AvgIpc) is 2.59. The summed E-state index contributed by atoms with van der Waals surface area (Å²) in [5.41, 5.74) is 1.06. The quantitative estimate of drug-likeness (QED) is 0.820. The van der Waals surface area contributed by atoms with Gasteiger partial charge in [-0.3, -0.25) is 4.79 Å². The highest BCUT2D eigenvalue weighted by atomic mass is 19.2. The fraction of sp³-hybridized carbons (Fsp3) is 0.316. The zero-order valence-corrected chi connectivity index (χ0v) is 13.8. The van der Waals surface area contributed by atoms with E-state index in [1.165, 1.54) is 0 Å². The van der Waals surface area contributed by atoms with E-state index in [4.69, 9.17) is 0 Å². The van der Waals surface area contributed by atoms with Crippen molar-refractivity contribution in [3.05, 3.63) is 53.8 Å². The van der Waals surface area contributed by atoms with Crippen molar-refractivity contribution in [3.63, 3.8) is 0 Å². The predicted octanol–water partition coefficient (Wildman–Crippen LogP) is 4.10. The highest BCUT2D eigenvalue weighted by molar-refractivity contribution is 5.96. The fourth-order valence-electron chi connectivity index (χ4n) is 3.16. The van der Waals surface area contributed by atoms with Crippen LogP contribution in [0.15, 0.2) is 36.4 Å². The van der Waals surface area contributed by atoms with Gasteiger partial charge in [0, 0.05) is 23.2 Å². The van der Waals surface area contributed by atoms with Crippen molar-refractivity contribution in [3.8, 4) is 11.1 Å². The smallest absolute Gasteiger partial charge is 0.227 e. The number of benzene rings is 2. The number of rotatable bonds is 3. The Hall–Kier alpha value is -2.34. The molecular formula is C19H19F3N2O.